The number of hydrogen-bond acceptors (Lipinski definition) is 5. The summed E-state index contributed by atoms with van der Waals surface area (Å²) in [5, 5.41) is 0.841. The quantitative estimate of drug-likeness (QED) is 0.465. The Labute approximate surface area is 186 Å². The molecular weight excluding hydrogens is 404 g/mol. The molecule has 1 aromatic carbocycles. The highest BCUT2D eigenvalue weighted by Gasteiger charge is 2.27. The Kier molecular flexibility index (Phi) is 5.66. The van der Waals surface area contributed by atoms with Crippen LogP contribution in [0.15, 0.2) is 65.8 Å². The minimum Gasteiger partial charge on any atom is -0.303 e. The van der Waals surface area contributed by atoms with E-state index in [1.807, 2.05) is 48.7 Å². The molecule has 3 heterocycles. The molecule has 0 bridgehead atoms. The van der Waals surface area contributed by atoms with Crippen LogP contribution in [0.25, 0.3) is 10.2 Å². The second kappa shape index (κ2) is 8.73. The van der Waals surface area contributed by atoms with E-state index >= 15 is 0 Å². The molecule has 5 nitrogen and oxygen atoms in total. The first-order valence-electron chi connectivity index (χ1n) is 10.8. The van der Waals surface area contributed by atoms with E-state index in [2.05, 4.69) is 28.0 Å². The predicted molar refractivity (Wildman–Crippen MR) is 126 cm³/mol. The first-order valence-corrected chi connectivity index (χ1v) is 11.6. The summed E-state index contributed by atoms with van der Waals surface area (Å²) in [5.74, 6) is 0. The molecule has 0 N–H and O–H groups in total. The number of rotatable bonds is 6. The van der Waals surface area contributed by atoms with Gasteiger partial charge in [0.1, 0.15) is 4.83 Å². The Morgan fingerprint density at radius 2 is 1.97 bits per heavy atom. The molecule has 31 heavy (non-hydrogen) atoms. The van der Waals surface area contributed by atoms with Crippen LogP contribution in [0.1, 0.15) is 28.1 Å². The highest BCUT2D eigenvalue weighted by Crippen LogP contribution is 2.34. The first-order chi connectivity index (χ1) is 15.2. The number of benzene rings is 1. The summed E-state index contributed by atoms with van der Waals surface area (Å²) in [7, 11) is 2.21. The SMILES string of the molecule is CN(CCc1ccccn1)C1CCc2c(sc3ncn(Cc4ccccc4)c(=O)c23)C1. The lowest BCUT2D eigenvalue weighted by atomic mass is 9.92. The molecule has 158 valence electrons. The molecule has 1 aliphatic rings. The lowest BCUT2D eigenvalue weighted by Gasteiger charge is -2.31. The van der Waals surface area contributed by atoms with Crippen molar-refractivity contribution < 1.29 is 0 Å². The number of thiophene rings is 1. The second-order valence-electron chi connectivity index (χ2n) is 8.30. The fraction of sp³-hybridized carbons (Fsp3) is 0.320. The molecule has 6 heteroatoms. The number of likely N-dealkylation sites (N-methyl/N-ethyl adjacent to an activating group) is 1. The van der Waals surface area contributed by atoms with Crippen molar-refractivity contribution in [2.24, 2.45) is 0 Å². The predicted octanol–water partition coefficient (Wildman–Crippen LogP) is 3.93. The van der Waals surface area contributed by atoms with E-state index in [4.69, 9.17) is 0 Å². The minimum absolute atomic E-state index is 0.0910. The van der Waals surface area contributed by atoms with Gasteiger partial charge < -0.3 is 4.90 Å². The molecule has 1 unspecified atom stereocenters. The number of fused-ring (bicyclic) bond motifs is 3. The third-order valence-corrected chi connectivity index (χ3v) is 7.44. The van der Waals surface area contributed by atoms with Crippen LogP contribution in [-0.2, 0) is 25.8 Å². The van der Waals surface area contributed by atoms with Crippen LogP contribution in [0.5, 0.6) is 0 Å². The lowest BCUT2D eigenvalue weighted by molar-refractivity contribution is 0.225. The van der Waals surface area contributed by atoms with Crippen molar-refractivity contribution in [1.29, 1.82) is 0 Å². The Balaban J connectivity index is 1.34. The van der Waals surface area contributed by atoms with Gasteiger partial charge in [-0.05, 0) is 49.6 Å². The van der Waals surface area contributed by atoms with E-state index < -0.39 is 0 Å². The van der Waals surface area contributed by atoms with Gasteiger partial charge >= 0.3 is 0 Å². The largest absolute Gasteiger partial charge is 0.303 e. The molecule has 1 atom stereocenters. The van der Waals surface area contributed by atoms with Crippen LogP contribution in [0.4, 0.5) is 0 Å². The smallest absolute Gasteiger partial charge is 0.262 e. The summed E-state index contributed by atoms with van der Waals surface area (Å²) in [4.78, 5) is 27.0. The maximum absolute atomic E-state index is 13.3. The lowest BCUT2D eigenvalue weighted by Crippen LogP contribution is -2.37. The highest BCUT2D eigenvalue weighted by atomic mass is 32.1. The Morgan fingerprint density at radius 1 is 1.13 bits per heavy atom. The van der Waals surface area contributed by atoms with Crippen LogP contribution in [-0.4, -0.2) is 39.1 Å². The van der Waals surface area contributed by atoms with Gasteiger partial charge in [-0.2, -0.15) is 0 Å². The average Bonchev–Trinajstić information content (AvgIpc) is 3.19. The fourth-order valence-corrected chi connectivity index (χ4v) is 5.72. The van der Waals surface area contributed by atoms with Crippen molar-refractivity contribution in [3.8, 4) is 0 Å². The van der Waals surface area contributed by atoms with E-state index in [0.717, 1.165) is 53.7 Å². The number of aromatic nitrogens is 3. The van der Waals surface area contributed by atoms with E-state index in [9.17, 15) is 4.79 Å². The van der Waals surface area contributed by atoms with Gasteiger partial charge in [-0.25, -0.2) is 4.98 Å². The summed E-state index contributed by atoms with van der Waals surface area (Å²) in [6.45, 7) is 1.55. The first kappa shape index (κ1) is 20.1. The van der Waals surface area contributed by atoms with E-state index in [-0.39, 0.29) is 5.56 Å². The zero-order valence-corrected chi connectivity index (χ0v) is 18.5. The van der Waals surface area contributed by atoms with Crippen LogP contribution >= 0.6 is 11.3 Å². The van der Waals surface area contributed by atoms with E-state index in [0.29, 0.717) is 12.6 Å². The Morgan fingerprint density at radius 3 is 2.77 bits per heavy atom. The average molecular weight is 431 g/mol. The molecule has 3 aromatic heterocycles. The van der Waals surface area contributed by atoms with Crippen LogP contribution < -0.4 is 5.56 Å². The summed E-state index contributed by atoms with van der Waals surface area (Å²) in [6.07, 6.45) is 7.53. The second-order valence-corrected chi connectivity index (χ2v) is 9.38. The summed E-state index contributed by atoms with van der Waals surface area (Å²) < 4.78 is 1.75. The molecule has 0 aliphatic heterocycles. The number of pyridine rings is 1. The zero-order chi connectivity index (χ0) is 21.2. The molecule has 0 spiro atoms. The molecule has 0 saturated heterocycles. The van der Waals surface area contributed by atoms with Gasteiger partial charge in [0.25, 0.3) is 5.56 Å². The third-order valence-electron chi connectivity index (χ3n) is 6.28. The highest BCUT2D eigenvalue weighted by molar-refractivity contribution is 7.18. The third kappa shape index (κ3) is 4.18. The molecule has 0 fully saturated rings. The standard InChI is InChI=1S/C25H26N4OS/c1-28(14-12-19-9-5-6-13-26-19)20-10-11-21-22(15-20)31-24-23(21)25(30)29(17-27-24)16-18-7-3-2-4-8-18/h2-9,13,17,20H,10-12,14-16H2,1H3. The van der Waals surface area contributed by atoms with Gasteiger partial charge in [0.05, 0.1) is 18.3 Å². The van der Waals surface area contributed by atoms with Gasteiger partial charge in [0.2, 0.25) is 0 Å². The van der Waals surface area contributed by atoms with Gasteiger partial charge in [-0.1, -0.05) is 36.4 Å². The summed E-state index contributed by atoms with van der Waals surface area (Å²) in [5.41, 5.74) is 3.57. The summed E-state index contributed by atoms with van der Waals surface area (Å²) in [6, 6.07) is 16.7. The van der Waals surface area contributed by atoms with Crippen molar-refractivity contribution in [3.05, 3.63) is 93.1 Å². The van der Waals surface area contributed by atoms with Crippen molar-refractivity contribution in [1.82, 2.24) is 19.4 Å². The summed E-state index contributed by atoms with van der Waals surface area (Å²) >= 11 is 1.70. The van der Waals surface area contributed by atoms with Gasteiger partial charge in [-0.15, -0.1) is 11.3 Å². The van der Waals surface area contributed by atoms with Crippen LogP contribution in [0.2, 0.25) is 0 Å². The molecule has 0 saturated carbocycles. The monoisotopic (exact) mass is 430 g/mol. The van der Waals surface area contributed by atoms with Gasteiger partial charge in [-0.3, -0.25) is 14.3 Å². The molecular formula is C25H26N4OS. The molecule has 5 rings (SSSR count). The molecule has 0 amide bonds. The Bertz CT molecular complexity index is 1230. The zero-order valence-electron chi connectivity index (χ0n) is 17.7. The van der Waals surface area contributed by atoms with Gasteiger partial charge in [0, 0.05) is 35.8 Å². The molecule has 4 aromatic rings. The van der Waals surface area contributed by atoms with Gasteiger partial charge in [0.15, 0.2) is 0 Å². The normalized spacial score (nSPS) is 16.0. The van der Waals surface area contributed by atoms with E-state index in [1.165, 1.54) is 10.4 Å². The van der Waals surface area contributed by atoms with Crippen molar-refractivity contribution >= 4 is 21.6 Å². The number of aryl methyl sites for hydroxylation is 1. The fourth-order valence-electron chi connectivity index (χ4n) is 4.47. The van der Waals surface area contributed by atoms with Crippen LogP contribution in [0, 0.1) is 0 Å². The maximum Gasteiger partial charge on any atom is 0.262 e. The Hall–Kier alpha value is -2.83. The van der Waals surface area contributed by atoms with E-state index in [1.54, 1.807) is 22.2 Å². The van der Waals surface area contributed by atoms with Crippen molar-refractivity contribution in [2.75, 3.05) is 13.6 Å². The topological polar surface area (TPSA) is 51.0 Å². The maximum atomic E-state index is 13.3. The van der Waals surface area contributed by atoms with Crippen LogP contribution in [0.3, 0.4) is 0 Å². The number of nitrogens with zero attached hydrogens (tertiary/aromatic N) is 4. The minimum atomic E-state index is 0.0910. The van der Waals surface area contributed by atoms with Crippen molar-refractivity contribution in [3.63, 3.8) is 0 Å². The van der Waals surface area contributed by atoms with Crippen molar-refractivity contribution in [2.45, 2.75) is 38.3 Å². The molecule has 1 aliphatic carbocycles. The number of hydrogen-bond donors (Lipinski definition) is 0. The molecule has 0 radical (unpaired) electrons.